The summed E-state index contributed by atoms with van der Waals surface area (Å²) < 4.78 is 0. The predicted molar refractivity (Wildman–Crippen MR) is 65.9 cm³/mol. The maximum absolute atomic E-state index is 10.9. The van der Waals surface area contributed by atoms with Gasteiger partial charge in [0, 0.05) is 5.41 Å². The zero-order valence-electron chi connectivity index (χ0n) is 10.7. The molecule has 0 aliphatic carbocycles. The van der Waals surface area contributed by atoms with Crippen LogP contribution in [0.25, 0.3) is 0 Å². The molecular weight excluding hydrogens is 200 g/mol. The van der Waals surface area contributed by atoms with Crippen LogP contribution in [0, 0.1) is 20.8 Å². The van der Waals surface area contributed by atoms with Crippen molar-refractivity contribution in [3.63, 3.8) is 0 Å². The maximum Gasteiger partial charge on any atom is 0.304 e. The average Bonchev–Trinajstić information content (AvgIpc) is 2.08. The molecule has 0 unspecified atom stereocenters. The molecule has 0 heterocycles. The highest BCUT2D eigenvalue weighted by Crippen LogP contribution is 2.31. The third-order valence-corrected chi connectivity index (χ3v) is 3.13. The topological polar surface area (TPSA) is 37.3 Å². The standard InChI is InChI=1S/C14H20O2/c1-9-6-10(2)11(3)12(7-9)14(4,5)8-13(15)16/h6-7H,8H2,1-5H3,(H,15,16). The summed E-state index contributed by atoms with van der Waals surface area (Å²) in [5.41, 5.74) is 4.46. The van der Waals surface area contributed by atoms with Gasteiger partial charge in [-0.3, -0.25) is 4.79 Å². The first-order valence-electron chi connectivity index (χ1n) is 5.54. The second-order valence-corrected chi connectivity index (χ2v) is 5.21. The van der Waals surface area contributed by atoms with Crippen LogP contribution in [0.4, 0.5) is 0 Å². The molecule has 0 amide bonds. The van der Waals surface area contributed by atoms with E-state index >= 15 is 0 Å². The third-order valence-electron chi connectivity index (χ3n) is 3.13. The van der Waals surface area contributed by atoms with E-state index in [9.17, 15) is 4.79 Å². The van der Waals surface area contributed by atoms with E-state index in [0.29, 0.717) is 0 Å². The molecule has 0 fully saturated rings. The van der Waals surface area contributed by atoms with Crippen molar-refractivity contribution in [3.8, 4) is 0 Å². The molecule has 1 N–H and O–H groups in total. The van der Waals surface area contributed by atoms with Crippen molar-refractivity contribution in [3.05, 3.63) is 34.4 Å². The Morgan fingerprint density at radius 3 is 2.31 bits per heavy atom. The molecule has 0 bridgehead atoms. The lowest BCUT2D eigenvalue weighted by atomic mass is 9.77. The van der Waals surface area contributed by atoms with Crippen molar-refractivity contribution < 1.29 is 9.90 Å². The molecule has 0 spiro atoms. The van der Waals surface area contributed by atoms with Gasteiger partial charge in [0.2, 0.25) is 0 Å². The van der Waals surface area contributed by atoms with Crippen molar-refractivity contribution in [2.45, 2.75) is 46.5 Å². The van der Waals surface area contributed by atoms with Crippen LogP contribution in [0.2, 0.25) is 0 Å². The number of carbonyl (C=O) groups is 1. The fourth-order valence-electron chi connectivity index (χ4n) is 2.22. The maximum atomic E-state index is 10.9. The molecule has 0 atom stereocenters. The van der Waals surface area contributed by atoms with Crippen LogP contribution in [0.3, 0.4) is 0 Å². The van der Waals surface area contributed by atoms with Gasteiger partial charge in [0.1, 0.15) is 0 Å². The quantitative estimate of drug-likeness (QED) is 0.848. The zero-order chi connectivity index (χ0) is 12.5. The van der Waals surface area contributed by atoms with E-state index in [1.807, 2.05) is 20.8 Å². The first kappa shape index (κ1) is 12.8. The molecule has 0 saturated heterocycles. The third kappa shape index (κ3) is 2.63. The lowest BCUT2D eigenvalue weighted by Crippen LogP contribution is -2.23. The van der Waals surface area contributed by atoms with Crippen molar-refractivity contribution in [2.75, 3.05) is 0 Å². The highest BCUT2D eigenvalue weighted by atomic mass is 16.4. The predicted octanol–water partition coefficient (Wildman–Crippen LogP) is 3.36. The molecule has 0 aliphatic rings. The van der Waals surface area contributed by atoms with Gasteiger partial charge in [-0.2, -0.15) is 0 Å². The molecule has 0 radical (unpaired) electrons. The molecular formula is C14H20O2. The number of carboxylic acids is 1. The molecule has 88 valence electrons. The van der Waals surface area contributed by atoms with Gasteiger partial charge in [-0.15, -0.1) is 0 Å². The van der Waals surface area contributed by atoms with Crippen molar-refractivity contribution >= 4 is 5.97 Å². The van der Waals surface area contributed by atoms with E-state index < -0.39 is 5.97 Å². The summed E-state index contributed by atoms with van der Waals surface area (Å²) in [6.45, 7) is 10.2. The monoisotopic (exact) mass is 220 g/mol. The van der Waals surface area contributed by atoms with Gasteiger partial charge in [-0.1, -0.05) is 31.5 Å². The summed E-state index contributed by atoms with van der Waals surface area (Å²) in [5, 5.41) is 8.94. The Morgan fingerprint density at radius 1 is 1.25 bits per heavy atom. The molecule has 2 nitrogen and oxygen atoms in total. The number of hydrogen-bond acceptors (Lipinski definition) is 1. The lowest BCUT2D eigenvalue weighted by Gasteiger charge is -2.26. The first-order chi connectivity index (χ1) is 7.24. The number of aliphatic carboxylic acids is 1. The molecule has 0 saturated carbocycles. The Kier molecular flexibility index (Phi) is 3.41. The van der Waals surface area contributed by atoms with Gasteiger partial charge < -0.3 is 5.11 Å². The van der Waals surface area contributed by atoms with E-state index in [2.05, 4.69) is 26.0 Å². The van der Waals surface area contributed by atoms with Crippen LogP contribution in [-0.4, -0.2) is 11.1 Å². The first-order valence-corrected chi connectivity index (χ1v) is 5.54. The van der Waals surface area contributed by atoms with E-state index in [1.165, 1.54) is 16.7 Å². The van der Waals surface area contributed by atoms with Crippen LogP contribution in [0.1, 0.15) is 42.5 Å². The molecule has 2 heteroatoms. The van der Waals surface area contributed by atoms with Gasteiger partial charge in [0.15, 0.2) is 0 Å². The Balaban J connectivity index is 3.26. The summed E-state index contributed by atoms with van der Waals surface area (Å²) in [7, 11) is 0. The van der Waals surface area contributed by atoms with Crippen LogP contribution < -0.4 is 0 Å². The average molecular weight is 220 g/mol. The normalized spacial score (nSPS) is 11.6. The number of hydrogen-bond donors (Lipinski definition) is 1. The Hall–Kier alpha value is -1.31. The van der Waals surface area contributed by atoms with Crippen LogP contribution in [-0.2, 0) is 10.2 Å². The minimum atomic E-state index is -0.747. The summed E-state index contributed by atoms with van der Waals surface area (Å²) in [5.74, 6) is -0.747. The summed E-state index contributed by atoms with van der Waals surface area (Å²) in [4.78, 5) is 10.9. The second kappa shape index (κ2) is 4.28. The fraction of sp³-hybridized carbons (Fsp3) is 0.500. The van der Waals surface area contributed by atoms with Gasteiger partial charge in [0.25, 0.3) is 0 Å². The second-order valence-electron chi connectivity index (χ2n) is 5.21. The number of benzene rings is 1. The fourth-order valence-corrected chi connectivity index (χ4v) is 2.22. The molecule has 16 heavy (non-hydrogen) atoms. The Labute approximate surface area is 97.3 Å². The van der Waals surface area contributed by atoms with Crippen molar-refractivity contribution in [2.24, 2.45) is 0 Å². The van der Waals surface area contributed by atoms with Gasteiger partial charge in [0.05, 0.1) is 6.42 Å². The van der Waals surface area contributed by atoms with Crippen molar-refractivity contribution in [1.82, 2.24) is 0 Å². The molecule has 1 aromatic carbocycles. The minimum Gasteiger partial charge on any atom is -0.481 e. The largest absolute Gasteiger partial charge is 0.481 e. The van der Waals surface area contributed by atoms with Crippen LogP contribution in [0.15, 0.2) is 12.1 Å². The van der Waals surface area contributed by atoms with E-state index in [-0.39, 0.29) is 11.8 Å². The van der Waals surface area contributed by atoms with Gasteiger partial charge in [-0.25, -0.2) is 0 Å². The number of rotatable bonds is 3. The Bertz CT molecular complexity index is 417. The van der Waals surface area contributed by atoms with Crippen molar-refractivity contribution in [1.29, 1.82) is 0 Å². The number of carboxylic acid groups (broad SMARTS) is 1. The summed E-state index contributed by atoms with van der Waals surface area (Å²) >= 11 is 0. The van der Waals surface area contributed by atoms with Crippen LogP contribution >= 0.6 is 0 Å². The minimum absolute atomic E-state index is 0.163. The molecule has 0 aromatic heterocycles. The van der Waals surface area contributed by atoms with E-state index in [1.54, 1.807) is 0 Å². The molecule has 0 aliphatic heterocycles. The highest BCUT2D eigenvalue weighted by molar-refractivity contribution is 5.69. The summed E-state index contributed by atoms with van der Waals surface area (Å²) in [6.07, 6.45) is 0.163. The SMILES string of the molecule is Cc1cc(C)c(C)c(C(C)(C)CC(=O)O)c1. The zero-order valence-corrected chi connectivity index (χ0v) is 10.7. The molecule has 1 rings (SSSR count). The van der Waals surface area contributed by atoms with Gasteiger partial charge >= 0.3 is 5.97 Å². The number of aryl methyl sites for hydroxylation is 2. The molecule has 1 aromatic rings. The van der Waals surface area contributed by atoms with Crippen LogP contribution in [0.5, 0.6) is 0 Å². The van der Waals surface area contributed by atoms with E-state index in [4.69, 9.17) is 5.11 Å². The summed E-state index contributed by atoms with van der Waals surface area (Å²) in [6, 6.07) is 4.24. The van der Waals surface area contributed by atoms with Gasteiger partial charge in [-0.05, 0) is 37.5 Å². The lowest BCUT2D eigenvalue weighted by molar-refractivity contribution is -0.138. The van der Waals surface area contributed by atoms with E-state index in [0.717, 1.165) is 5.56 Å². The highest BCUT2D eigenvalue weighted by Gasteiger charge is 2.26. The Morgan fingerprint density at radius 2 is 1.81 bits per heavy atom. The smallest absolute Gasteiger partial charge is 0.304 e.